The third-order valence-electron chi connectivity index (χ3n) is 7.03. The predicted octanol–water partition coefficient (Wildman–Crippen LogP) is 7.64. The molecule has 0 amide bonds. The highest BCUT2D eigenvalue weighted by Gasteiger charge is 2.47. The van der Waals surface area contributed by atoms with E-state index in [0.717, 1.165) is 33.1 Å². The van der Waals surface area contributed by atoms with Crippen LogP contribution in [0.15, 0.2) is 65.3 Å². The molecule has 2 heterocycles. The summed E-state index contributed by atoms with van der Waals surface area (Å²) in [4.78, 5) is 13.6. The summed E-state index contributed by atoms with van der Waals surface area (Å²) >= 11 is 3.51. The van der Waals surface area contributed by atoms with Crippen molar-refractivity contribution in [2.45, 2.75) is 63.2 Å². The quantitative estimate of drug-likeness (QED) is 0.317. The SMILES string of the molecule is CCC(CC)(CC(=O)c1cnn2c1NC(c1ccccc1)CC2C(F)(F)F)c1cccc(Br)c1. The lowest BCUT2D eigenvalue weighted by Gasteiger charge is -2.35. The molecule has 34 heavy (non-hydrogen) atoms. The van der Waals surface area contributed by atoms with Gasteiger partial charge in [-0.3, -0.25) is 4.79 Å². The molecule has 180 valence electrons. The molecule has 0 fully saturated rings. The van der Waals surface area contributed by atoms with Gasteiger partial charge >= 0.3 is 6.18 Å². The van der Waals surface area contributed by atoms with Crippen LogP contribution < -0.4 is 5.32 Å². The molecular formula is C26H27BrF3N3O. The van der Waals surface area contributed by atoms with Gasteiger partial charge in [0.15, 0.2) is 11.8 Å². The molecule has 2 aromatic carbocycles. The van der Waals surface area contributed by atoms with Crippen LogP contribution in [0.25, 0.3) is 0 Å². The van der Waals surface area contributed by atoms with Crippen LogP contribution in [0.3, 0.4) is 0 Å². The average molecular weight is 534 g/mol. The number of aromatic nitrogens is 2. The number of carbonyl (C=O) groups is 1. The Kier molecular flexibility index (Phi) is 6.90. The number of halogens is 4. The molecule has 8 heteroatoms. The molecule has 4 rings (SSSR count). The first-order valence-electron chi connectivity index (χ1n) is 11.4. The van der Waals surface area contributed by atoms with Crippen molar-refractivity contribution in [3.8, 4) is 0 Å². The summed E-state index contributed by atoms with van der Waals surface area (Å²) in [6, 6.07) is 14.5. The van der Waals surface area contributed by atoms with E-state index < -0.39 is 23.7 Å². The molecule has 1 aliphatic rings. The number of hydrogen-bond acceptors (Lipinski definition) is 3. The van der Waals surface area contributed by atoms with Crippen molar-refractivity contribution in [1.29, 1.82) is 0 Å². The number of hydrogen-bond donors (Lipinski definition) is 1. The van der Waals surface area contributed by atoms with E-state index in [1.54, 1.807) is 24.3 Å². The molecule has 4 nitrogen and oxygen atoms in total. The van der Waals surface area contributed by atoms with Gasteiger partial charge in [-0.15, -0.1) is 0 Å². The highest BCUT2D eigenvalue weighted by atomic mass is 79.9. The first-order chi connectivity index (χ1) is 16.2. The Labute approximate surface area is 205 Å². The summed E-state index contributed by atoms with van der Waals surface area (Å²) in [5.41, 5.74) is 1.56. The third-order valence-corrected chi connectivity index (χ3v) is 7.52. The fraction of sp³-hybridized carbons (Fsp3) is 0.385. The molecule has 1 aromatic heterocycles. The van der Waals surface area contributed by atoms with Crippen LogP contribution in [-0.2, 0) is 5.41 Å². The topological polar surface area (TPSA) is 46.9 Å². The van der Waals surface area contributed by atoms with Crippen molar-refractivity contribution in [3.63, 3.8) is 0 Å². The minimum absolute atomic E-state index is 0.141. The lowest BCUT2D eigenvalue weighted by Crippen LogP contribution is -2.36. The van der Waals surface area contributed by atoms with Crippen molar-refractivity contribution >= 4 is 27.5 Å². The minimum Gasteiger partial charge on any atom is -0.363 e. The maximum Gasteiger partial charge on any atom is 0.410 e. The largest absolute Gasteiger partial charge is 0.410 e. The standard InChI is InChI=1S/C26H27BrF3N3O/c1-3-25(4-2,18-11-8-12-19(27)13-18)15-22(34)20-16-31-33-23(26(28,29)30)14-21(32-24(20)33)17-9-6-5-7-10-17/h5-13,16,21,23,32H,3-4,14-15H2,1-2H3. The van der Waals surface area contributed by atoms with Gasteiger partial charge in [-0.05, 0) is 36.1 Å². The Hall–Kier alpha value is -2.61. The fourth-order valence-electron chi connectivity index (χ4n) is 4.90. The van der Waals surface area contributed by atoms with Gasteiger partial charge in [0.2, 0.25) is 0 Å². The second-order valence-corrected chi connectivity index (χ2v) is 9.77. The predicted molar refractivity (Wildman–Crippen MR) is 130 cm³/mol. The number of nitrogens with zero attached hydrogens (tertiary/aromatic N) is 2. The molecule has 1 N–H and O–H groups in total. The van der Waals surface area contributed by atoms with E-state index in [2.05, 4.69) is 26.3 Å². The zero-order valence-electron chi connectivity index (χ0n) is 19.1. The van der Waals surface area contributed by atoms with Gasteiger partial charge in [0.05, 0.1) is 17.8 Å². The van der Waals surface area contributed by atoms with Gasteiger partial charge in [-0.2, -0.15) is 18.3 Å². The van der Waals surface area contributed by atoms with Crippen molar-refractivity contribution in [2.75, 3.05) is 5.32 Å². The summed E-state index contributed by atoms with van der Waals surface area (Å²) in [5, 5.41) is 7.22. The van der Waals surface area contributed by atoms with Gasteiger partial charge in [-0.1, -0.05) is 72.2 Å². The minimum atomic E-state index is -4.48. The van der Waals surface area contributed by atoms with Crippen LogP contribution >= 0.6 is 15.9 Å². The van der Waals surface area contributed by atoms with Gasteiger partial charge in [0.25, 0.3) is 0 Å². The first kappa shape index (κ1) is 24.5. The summed E-state index contributed by atoms with van der Waals surface area (Å²) in [6.07, 6.45) is -1.76. The smallest absolute Gasteiger partial charge is 0.363 e. The summed E-state index contributed by atoms with van der Waals surface area (Å²) in [7, 11) is 0. The van der Waals surface area contributed by atoms with E-state index in [4.69, 9.17) is 0 Å². The number of nitrogens with one attached hydrogen (secondary N) is 1. The van der Waals surface area contributed by atoms with Crippen LogP contribution in [0.5, 0.6) is 0 Å². The summed E-state index contributed by atoms with van der Waals surface area (Å²) in [5.74, 6) is -0.0742. The van der Waals surface area contributed by atoms with Gasteiger partial charge in [-0.25, -0.2) is 4.68 Å². The second kappa shape index (κ2) is 9.56. The van der Waals surface area contributed by atoms with E-state index >= 15 is 0 Å². The van der Waals surface area contributed by atoms with Crippen LogP contribution in [0, 0.1) is 0 Å². The van der Waals surface area contributed by atoms with E-state index in [0.29, 0.717) is 0 Å². The van der Waals surface area contributed by atoms with Gasteiger partial charge < -0.3 is 5.32 Å². The molecule has 0 radical (unpaired) electrons. The molecule has 0 saturated heterocycles. The number of anilines is 1. The van der Waals surface area contributed by atoms with Crippen molar-refractivity contribution in [1.82, 2.24) is 9.78 Å². The molecule has 0 saturated carbocycles. The lowest BCUT2D eigenvalue weighted by atomic mass is 9.71. The first-order valence-corrected chi connectivity index (χ1v) is 12.2. The van der Waals surface area contributed by atoms with E-state index in [1.807, 2.05) is 44.2 Å². The number of alkyl halides is 3. The Bertz CT molecular complexity index is 1160. The number of benzene rings is 2. The van der Waals surface area contributed by atoms with Crippen molar-refractivity contribution in [2.24, 2.45) is 0 Å². The van der Waals surface area contributed by atoms with E-state index in [-0.39, 0.29) is 30.0 Å². The Morgan fingerprint density at radius 1 is 1.12 bits per heavy atom. The van der Waals surface area contributed by atoms with Crippen molar-refractivity contribution in [3.05, 3.63) is 82.0 Å². The normalized spacial score (nSPS) is 18.3. The zero-order chi connectivity index (χ0) is 24.5. The monoisotopic (exact) mass is 533 g/mol. The molecule has 1 aliphatic heterocycles. The molecule has 2 unspecified atom stereocenters. The van der Waals surface area contributed by atoms with Gasteiger partial charge in [0.1, 0.15) is 5.82 Å². The van der Waals surface area contributed by atoms with Gasteiger partial charge in [0, 0.05) is 22.7 Å². The molecule has 3 aromatic rings. The van der Waals surface area contributed by atoms with Crippen LogP contribution in [0.2, 0.25) is 0 Å². The average Bonchev–Trinajstić information content (AvgIpc) is 3.26. The molecule has 0 bridgehead atoms. The Balaban J connectivity index is 1.71. The second-order valence-electron chi connectivity index (χ2n) is 8.85. The van der Waals surface area contributed by atoms with E-state index in [1.165, 1.54) is 6.20 Å². The number of Topliss-reactive ketones (excluding diaryl/α,β-unsaturated/α-hetero) is 1. The number of ketones is 1. The molecular weight excluding hydrogens is 507 g/mol. The van der Waals surface area contributed by atoms with Crippen LogP contribution in [0.1, 0.15) is 73.1 Å². The summed E-state index contributed by atoms with van der Waals surface area (Å²) < 4.78 is 43.8. The van der Waals surface area contributed by atoms with Crippen LogP contribution in [0.4, 0.5) is 19.0 Å². The Morgan fingerprint density at radius 3 is 2.44 bits per heavy atom. The fourth-order valence-corrected chi connectivity index (χ4v) is 5.30. The van der Waals surface area contributed by atoms with Crippen molar-refractivity contribution < 1.29 is 18.0 Å². The third kappa shape index (κ3) is 4.65. The zero-order valence-corrected chi connectivity index (χ0v) is 20.7. The maximum atomic E-state index is 14.0. The number of fused-ring (bicyclic) bond motifs is 1. The highest BCUT2D eigenvalue weighted by molar-refractivity contribution is 9.10. The number of carbonyl (C=O) groups excluding carboxylic acids is 1. The Morgan fingerprint density at radius 2 is 1.82 bits per heavy atom. The lowest BCUT2D eigenvalue weighted by molar-refractivity contribution is -0.173. The number of rotatable bonds is 7. The molecule has 0 spiro atoms. The van der Waals surface area contributed by atoms with Crippen LogP contribution in [-0.4, -0.2) is 21.7 Å². The summed E-state index contributed by atoms with van der Waals surface area (Å²) in [6.45, 7) is 4.07. The molecule has 2 atom stereocenters. The maximum absolute atomic E-state index is 14.0. The highest BCUT2D eigenvalue weighted by Crippen LogP contribution is 2.45. The van der Waals surface area contributed by atoms with E-state index in [9.17, 15) is 18.0 Å². The molecule has 0 aliphatic carbocycles.